The molecule has 2 nitrogen and oxygen atoms in total. The molecule has 2 unspecified atom stereocenters. The maximum Gasteiger partial charge on any atom is 0.225 e. The third-order valence-corrected chi connectivity index (χ3v) is 5.48. The number of amides is 1. The molecule has 0 saturated heterocycles. The summed E-state index contributed by atoms with van der Waals surface area (Å²) in [5.41, 5.74) is 0. The molecular weight excluding hydrogens is 278 g/mol. The van der Waals surface area contributed by atoms with Crippen LogP contribution in [0.25, 0.3) is 0 Å². The number of rotatable bonds is 5. The van der Waals surface area contributed by atoms with E-state index < -0.39 is 0 Å². The number of alkyl halides is 1. The molecule has 0 aromatic rings. The lowest BCUT2D eigenvalue weighted by Crippen LogP contribution is -2.47. The second-order valence-electron chi connectivity index (χ2n) is 6.08. The van der Waals surface area contributed by atoms with Crippen LogP contribution < -0.4 is 0 Å². The highest BCUT2D eigenvalue weighted by Gasteiger charge is 2.49. The molecule has 0 aromatic heterocycles. The van der Waals surface area contributed by atoms with E-state index in [1.54, 1.807) is 0 Å². The van der Waals surface area contributed by atoms with Crippen LogP contribution in [0.5, 0.6) is 0 Å². The first-order valence-electron chi connectivity index (χ1n) is 7.16. The summed E-state index contributed by atoms with van der Waals surface area (Å²) >= 11 is 3.48. The van der Waals surface area contributed by atoms with Gasteiger partial charge in [-0.2, -0.15) is 0 Å². The summed E-state index contributed by atoms with van der Waals surface area (Å²) in [4.78, 5) is 14.8. The Bertz CT molecular complexity index is 293. The Morgan fingerprint density at radius 2 is 1.88 bits per heavy atom. The summed E-state index contributed by atoms with van der Waals surface area (Å²) in [5.74, 6) is 2.71. The summed E-state index contributed by atoms with van der Waals surface area (Å²) in [7, 11) is 0. The average molecular weight is 300 g/mol. The van der Waals surface area contributed by atoms with E-state index in [0.29, 0.717) is 17.9 Å². The Morgan fingerprint density at radius 1 is 1.18 bits per heavy atom. The van der Waals surface area contributed by atoms with Crippen LogP contribution in [0.4, 0.5) is 0 Å². The van der Waals surface area contributed by atoms with Gasteiger partial charge in [-0.15, -0.1) is 0 Å². The van der Waals surface area contributed by atoms with Crippen molar-refractivity contribution in [2.45, 2.75) is 51.0 Å². The molecule has 17 heavy (non-hydrogen) atoms. The molecule has 0 radical (unpaired) electrons. The molecular formula is C14H22BrNO. The summed E-state index contributed by atoms with van der Waals surface area (Å²) < 4.78 is 0. The fraction of sp³-hybridized carbons (Fsp3) is 0.929. The zero-order valence-corrected chi connectivity index (χ0v) is 12.0. The van der Waals surface area contributed by atoms with Gasteiger partial charge in [-0.1, -0.05) is 15.9 Å². The normalized spacial score (nSPS) is 35.2. The maximum absolute atomic E-state index is 12.6. The van der Waals surface area contributed by atoms with Gasteiger partial charge in [-0.3, -0.25) is 4.79 Å². The first kappa shape index (κ1) is 12.0. The SMILES string of the molecule is O=C(C1CC2CC2C1)N(CCCBr)C1CCC1. The minimum absolute atomic E-state index is 0.384. The first-order valence-corrected chi connectivity index (χ1v) is 8.28. The van der Waals surface area contributed by atoms with Crippen LogP contribution in [0, 0.1) is 17.8 Å². The fourth-order valence-electron chi connectivity index (χ4n) is 3.55. The van der Waals surface area contributed by atoms with Gasteiger partial charge in [0.05, 0.1) is 0 Å². The quantitative estimate of drug-likeness (QED) is 0.714. The zero-order chi connectivity index (χ0) is 11.8. The molecule has 0 aromatic carbocycles. The van der Waals surface area contributed by atoms with Crippen LogP contribution in [0.15, 0.2) is 0 Å². The fourth-order valence-corrected chi connectivity index (χ4v) is 3.80. The molecule has 3 saturated carbocycles. The minimum Gasteiger partial charge on any atom is -0.339 e. The molecule has 0 heterocycles. The topological polar surface area (TPSA) is 20.3 Å². The van der Waals surface area contributed by atoms with Gasteiger partial charge in [0.25, 0.3) is 0 Å². The molecule has 3 aliphatic carbocycles. The Balaban J connectivity index is 1.58. The molecule has 0 aliphatic heterocycles. The van der Waals surface area contributed by atoms with Crippen molar-refractivity contribution in [1.82, 2.24) is 4.90 Å². The molecule has 3 rings (SSSR count). The molecule has 96 valence electrons. The van der Waals surface area contributed by atoms with Crippen LogP contribution in [0.1, 0.15) is 44.9 Å². The highest BCUT2D eigenvalue weighted by atomic mass is 79.9. The van der Waals surface area contributed by atoms with Crippen molar-refractivity contribution < 1.29 is 4.79 Å². The Labute approximate surface area is 112 Å². The highest BCUT2D eigenvalue weighted by molar-refractivity contribution is 9.09. The van der Waals surface area contributed by atoms with Gasteiger partial charge < -0.3 is 4.90 Å². The molecule has 0 spiro atoms. The molecule has 3 heteroatoms. The van der Waals surface area contributed by atoms with Gasteiger partial charge in [-0.05, 0) is 56.8 Å². The zero-order valence-electron chi connectivity index (χ0n) is 10.4. The molecule has 0 N–H and O–H groups in total. The van der Waals surface area contributed by atoms with Gasteiger partial charge in [0, 0.05) is 23.8 Å². The van der Waals surface area contributed by atoms with Gasteiger partial charge >= 0.3 is 0 Å². The predicted molar refractivity (Wildman–Crippen MR) is 72.1 cm³/mol. The van der Waals surface area contributed by atoms with E-state index in [1.807, 2.05) is 0 Å². The van der Waals surface area contributed by atoms with Crippen LogP contribution >= 0.6 is 15.9 Å². The third-order valence-electron chi connectivity index (χ3n) is 4.92. The lowest BCUT2D eigenvalue weighted by Gasteiger charge is -2.39. The van der Waals surface area contributed by atoms with Crippen LogP contribution in [0.2, 0.25) is 0 Å². The lowest BCUT2D eigenvalue weighted by molar-refractivity contribution is -0.139. The van der Waals surface area contributed by atoms with Crippen molar-refractivity contribution in [1.29, 1.82) is 0 Å². The lowest BCUT2D eigenvalue weighted by atomic mass is 9.89. The van der Waals surface area contributed by atoms with Crippen LogP contribution in [-0.2, 0) is 4.79 Å². The van der Waals surface area contributed by atoms with E-state index >= 15 is 0 Å². The smallest absolute Gasteiger partial charge is 0.225 e. The van der Waals surface area contributed by atoms with Crippen molar-refractivity contribution in [2.24, 2.45) is 17.8 Å². The van der Waals surface area contributed by atoms with Crippen molar-refractivity contribution in [3.8, 4) is 0 Å². The Morgan fingerprint density at radius 3 is 2.41 bits per heavy atom. The van der Waals surface area contributed by atoms with E-state index in [-0.39, 0.29) is 0 Å². The van der Waals surface area contributed by atoms with Gasteiger partial charge in [-0.25, -0.2) is 0 Å². The maximum atomic E-state index is 12.6. The van der Waals surface area contributed by atoms with E-state index in [1.165, 1.54) is 38.5 Å². The Hall–Kier alpha value is -0.0500. The number of hydrogen-bond acceptors (Lipinski definition) is 1. The van der Waals surface area contributed by atoms with E-state index in [4.69, 9.17) is 0 Å². The average Bonchev–Trinajstić information content (AvgIpc) is 2.88. The molecule has 3 aliphatic rings. The summed E-state index contributed by atoms with van der Waals surface area (Å²) in [5, 5.41) is 1.01. The number of hydrogen-bond donors (Lipinski definition) is 0. The van der Waals surface area contributed by atoms with Gasteiger partial charge in [0.2, 0.25) is 5.91 Å². The van der Waals surface area contributed by atoms with E-state index in [0.717, 1.165) is 30.1 Å². The second kappa shape index (κ2) is 4.91. The summed E-state index contributed by atoms with van der Waals surface area (Å²) in [6.45, 7) is 0.973. The third kappa shape index (κ3) is 2.40. The van der Waals surface area contributed by atoms with E-state index in [2.05, 4.69) is 20.8 Å². The van der Waals surface area contributed by atoms with Crippen LogP contribution in [-0.4, -0.2) is 28.7 Å². The van der Waals surface area contributed by atoms with Crippen molar-refractivity contribution >= 4 is 21.8 Å². The monoisotopic (exact) mass is 299 g/mol. The molecule has 3 fully saturated rings. The van der Waals surface area contributed by atoms with Gasteiger partial charge in [0.15, 0.2) is 0 Å². The Kier molecular flexibility index (Phi) is 3.47. The van der Waals surface area contributed by atoms with Gasteiger partial charge in [0.1, 0.15) is 0 Å². The number of nitrogens with zero attached hydrogens (tertiary/aromatic N) is 1. The van der Waals surface area contributed by atoms with Crippen molar-refractivity contribution in [3.05, 3.63) is 0 Å². The second-order valence-corrected chi connectivity index (χ2v) is 6.88. The standard InChI is InChI=1S/C14H22BrNO/c15-5-2-6-16(13-3-1-4-13)14(17)12-8-10-7-11(10)9-12/h10-13H,1-9H2. The number of halogens is 1. The predicted octanol–water partition coefficient (Wildman–Crippen LogP) is 3.20. The summed E-state index contributed by atoms with van der Waals surface area (Å²) in [6, 6.07) is 0.582. The van der Waals surface area contributed by atoms with Crippen molar-refractivity contribution in [3.63, 3.8) is 0 Å². The van der Waals surface area contributed by atoms with Crippen molar-refractivity contribution in [2.75, 3.05) is 11.9 Å². The molecule has 2 atom stereocenters. The highest BCUT2D eigenvalue weighted by Crippen LogP contribution is 2.54. The largest absolute Gasteiger partial charge is 0.339 e. The minimum atomic E-state index is 0.384. The number of carbonyl (C=O) groups is 1. The number of carbonyl (C=O) groups excluding carboxylic acids is 1. The first-order chi connectivity index (χ1) is 8.29. The number of fused-ring (bicyclic) bond motifs is 1. The molecule has 0 bridgehead atoms. The van der Waals surface area contributed by atoms with E-state index in [9.17, 15) is 4.79 Å². The molecule has 1 amide bonds. The summed E-state index contributed by atoms with van der Waals surface area (Å²) in [6.07, 6.45) is 8.71. The van der Waals surface area contributed by atoms with Crippen LogP contribution in [0.3, 0.4) is 0 Å².